The highest BCUT2D eigenvalue weighted by atomic mass is 32.1. The maximum Gasteiger partial charge on any atom is 0.333 e. The SMILES string of the molecule is [C-]#[N+]/C(=C\c1ccc(-c2ccc(-c3ccc4c5c3CCCc5c(-c3ccccc3)n4-c3ccc4c(c3)C(C)(C)c3ccccc3-4)s2)s1)C(=O)O. The van der Waals surface area contributed by atoms with E-state index in [1.165, 1.54) is 89.1 Å². The molecule has 50 heavy (non-hydrogen) atoms. The second kappa shape index (κ2) is 11.6. The van der Waals surface area contributed by atoms with Crippen LogP contribution in [0.2, 0.25) is 0 Å². The Labute approximate surface area is 299 Å². The summed E-state index contributed by atoms with van der Waals surface area (Å²) in [5.74, 6) is -1.20. The summed E-state index contributed by atoms with van der Waals surface area (Å²) < 4.78 is 2.52. The molecule has 0 radical (unpaired) electrons. The number of carbonyl (C=O) groups is 1. The second-order valence-corrected chi connectivity index (χ2v) is 15.8. The molecule has 4 nitrogen and oxygen atoms in total. The van der Waals surface area contributed by atoms with Crippen molar-refractivity contribution in [2.45, 2.75) is 38.5 Å². The summed E-state index contributed by atoms with van der Waals surface area (Å²) in [7, 11) is 0. The third kappa shape index (κ3) is 4.65. The minimum atomic E-state index is -1.20. The number of hydrogen-bond donors (Lipinski definition) is 1. The van der Waals surface area contributed by atoms with Crippen LogP contribution < -0.4 is 0 Å². The standard InChI is InChI=1S/C44H32N2O2S2/c1-44(2)34-15-8-7-12-29(34)30-18-16-27(24-35(30)44)46-37-20-19-31(32-13-9-14-33(41(32)37)42(46)26-10-5-4-6-11-26)38-22-23-40(50-38)39-21-17-28(49-39)25-36(45-3)43(47)48/h4-8,10-12,15-25H,9,13-14H2,1-2H3,(H,47,48)/b36-25-. The van der Waals surface area contributed by atoms with Gasteiger partial charge in [0.15, 0.2) is 0 Å². The van der Waals surface area contributed by atoms with E-state index in [9.17, 15) is 9.90 Å². The van der Waals surface area contributed by atoms with Crippen LogP contribution in [-0.4, -0.2) is 15.6 Å². The number of carboxylic acids is 1. The Morgan fingerprint density at radius 3 is 2.30 bits per heavy atom. The Hall–Kier alpha value is -5.48. The van der Waals surface area contributed by atoms with Crippen molar-refractivity contribution < 1.29 is 9.90 Å². The van der Waals surface area contributed by atoms with Gasteiger partial charge in [-0.15, -0.1) is 22.7 Å². The van der Waals surface area contributed by atoms with Crippen molar-refractivity contribution in [1.29, 1.82) is 0 Å². The molecular formula is C44H32N2O2S2. The van der Waals surface area contributed by atoms with Crippen LogP contribution in [0.25, 0.3) is 70.1 Å². The number of carboxylic acid groups (broad SMARTS) is 1. The minimum Gasteiger partial charge on any atom is -0.486 e. The summed E-state index contributed by atoms with van der Waals surface area (Å²) in [6.07, 6.45) is 4.62. The average molecular weight is 685 g/mol. The Morgan fingerprint density at radius 2 is 1.48 bits per heavy atom. The molecule has 7 aromatic rings. The normalized spacial score (nSPS) is 14.4. The molecule has 0 spiro atoms. The van der Waals surface area contributed by atoms with Crippen molar-refractivity contribution in [2.24, 2.45) is 0 Å². The van der Waals surface area contributed by atoms with E-state index in [0.29, 0.717) is 0 Å². The van der Waals surface area contributed by atoms with Crippen LogP contribution in [0.15, 0.2) is 115 Å². The summed E-state index contributed by atoms with van der Waals surface area (Å²) in [5.41, 5.74) is 14.2. The number of thiophene rings is 2. The Morgan fingerprint density at radius 1 is 0.780 bits per heavy atom. The van der Waals surface area contributed by atoms with Gasteiger partial charge in [-0.25, -0.2) is 4.85 Å². The van der Waals surface area contributed by atoms with Gasteiger partial charge in [-0.2, -0.15) is 0 Å². The molecule has 2 aliphatic rings. The highest BCUT2D eigenvalue weighted by Crippen LogP contribution is 2.51. The van der Waals surface area contributed by atoms with Gasteiger partial charge in [0, 0.05) is 36.0 Å². The van der Waals surface area contributed by atoms with E-state index in [-0.39, 0.29) is 11.1 Å². The lowest BCUT2D eigenvalue weighted by atomic mass is 9.82. The molecule has 242 valence electrons. The molecule has 0 atom stereocenters. The van der Waals surface area contributed by atoms with Crippen LogP contribution in [0.3, 0.4) is 0 Å². The van der Waals surface area contributed by atoms with E-state index < -0.39 is 5.97 Å². The first kappa shape index (κ1) is 30.6. The van der Waals surface area contributed by atoms with Gasteiger partial charge in [-0.1, -0.05) is 80.6 Å². The monoisotopic (exact) mass is 684 g/mol. The number of aryl methyl sites for hydroxylation is 2. The van der Waals surface area contributed by atoms with Crippen molar-refractivity contribution in [3.8, 4) is 48.3 Å². The molecule has 3 heterocycles. The lowest BCUT2D eigenvalue weighted by molar-refractivity contribution is -0.132. The fourth-order valence-corrected chi connectivity index (χ4v) is 10.3. The lowest BCUT2D eigenvalue weighted by Crippen LogP contribution is -2.15. The summed E-state index contributed by atoms with van der Waals surface area (Å²) >= 11 is 3.28. The molecule has 4 aromatic carbocycles. The Bertz CT molecular complexity index is 2590. The van der Waals surface area contributed by atoms with Gasteiger partial charge < -0.3 is 9.67 Å². The first-order chi connectivity index (χ1) is 24.3. The third-order valence-corrected chi connectivity index (χ3v) is 12.8. The molecule has 9 rings (SSSR count). The maximum atomic E-state index is 11.4. The van der Waals surface area contributed by atoms with Gasteiger partial charge in [-0.05, 0) is 112 Å². The van der Waals surface area contributed by atoms with Crippen LogP contribution in [-0.2, 0) is 23.1 Å². The lowest BCUT2D eigenvalue weighted by Gasteiger charge is -2.22. The van der Waals surface area contributed by atoms with E-state index in [4.69, 9.17) is 6.57 Å². The van der Waals surface area contributed by atoms with Gasteiger partial charge in [0.05, 0.1) is 17.8 Å². The molecule has 0 amide bonds. The number of benzene rings is 4. The zero-order valence-electron chi connectivity index (χ0n) is 27.7. The molecule has 0 bridgehead atoms. The molecule has 0 fully saturated rings. The average Bonchev–Trinajstić information content (AvgIpc) is 3.93. The number of fused-ring (bicyclic) bond motifs is 3. The van der Waals surface area contributed by atoms with Crippen molar-refractivity contribution in [3.63, 3.8) is 0 Å². The van der Waals surface area contributed by atoms with Crippen LogP contribution in [0.1, 0.15) is 47.4 Å². The highest BCUT2D eigenvalue weighted by molar-refractivity contribution is 7.24. The van der Waals surface area contributed by atoms with E-state index >= 15 is 0 Å². The summed E-state index contributed by atoms with van der Waals surface area (Å²) in [5, 5.41) is 10.7. The zero-order chi connectivity index (χ0) is 34.1. The molecule has 6 heteroatoms. The van der Waals surface area contributed by atoms with Crippen molar-refractivity contribution in [1.82, 2.24) is 4.57 Å². The summed E-state index contributed by atoms with van der Waals surface area (Å²) in [6, 6.07) is 39.7. The summed E-state index contributed by atoms with van der Waals surface area (Å²) in [4.78, 5) is 18.7. The van der Waals surface area contributed by atoms with Gasteiger partial charge in [0.2, 0.25) is 0 Å². The fraction of sp³-hybridized carbons (Fsp3) is 0.136. The van der Waals surface area contributed by atoms with E-state index in [2.05, 4.69) is 120 Å². The third-order valence-electron chi connectivity index (χ3n) is 10.4. The largest absolute Gasteiger partial charge is 0.486 e. The first-order valence-corrected chi connectivity index (χ1v) is 18.5. The fourth-order valence-electron chi connectivity index (χ4n) is 8.16. The maximum absolute atomic E-state index is 11.4. The molecule has 0 aliphatic heterocycles. The van der Waals surface area contributed by atoms with Crippen LogP contribution in [0.5, 0.6) is 0 Å². The van der Waals surface area contributed by atoms with Crippen LogP contribution in [0.4, 0.5) is 0 Å². The Balaban J connectivity index is 1.20. The van der Waals surface area contributed by atoms with Crippen LogP contribution >= 0.6 is 22.7 Å². The smallest absolute Gasteiger partial charge is 0.333 e. The number of hydrogen-bond acceptors (Lipinski definition) is 3. The molecule has 0 unspecified atom stereocenters. The van der Waals surface area contributed by atoms with Crippen LogP contribution in [0, 0.1) is 6.57 Å². The number of aromatic nitrogens is 1. The first-order valence-electron chi connectivity index (χ1n) is 16.9. The topological polar surface area (TPSA) is 46.6 Å². The predicted octanol–water partition coefficient (Wildman–Crippen LogP) is 11.9. The summed E-state index contributed by atoms with van der Waals surface area (Å²) in [6.45, 7) is 11.9. The molecule has 2 aliphatic carbocycles. The van der Waals surface area contributed by atoms with E-state index in [0.717, 1.165) is 33.9 Å². The predicted molar refractivity (Wildman–Crippen MR) is 207 cm³/mol. The molecule has 1 N–H and O–H groups in total. The Kier molecular flexibility index (Phi) is 7.06. The van der Waals surface area contributed by atoms with E-state index in [1.54, 1.807) is 11.3 Å². The van der Waals surface area contributed by atoms with E-state index in [1.807, 2.05) is 12.1 Å². The van der Waals surface area contributed by atoms with Gasteiger partial charge in [0.1, 0.15) is 0 Å². The quantitative estimate of drug-likeness (QED) is 0.140. The van der Waals surface area contributed by atoms with Gasteiger partial charge in [0.25, 0.3) is 5.70 Å². The number of rotatable bonds is 6. The molecule has 0 saturated carbocycles. The highest BCUT2D eigenvalue weighted by Gasteiger charge is 2.36. The minimum absolute atomic E-state index is 0.0844. The number of nitrogens with zero attached hydrogens (tertiary/aromatic N) is 2. The second-order valence-electron chi connectivity index (χ2n) is 13.6. The van der Waals surface area contributed by atoms with Crippen molar-refractivity contribution >= 4 is 45.6 Å². The van der Waals surface area contributed by atoms with Gasteiger partial charge >= 0.3 is 5.97 Å². The zero-order valence-corrected chi connectivity index (χ0v) is 29.3. The molecule has 3 aromatic heterocycles. The van der Waals surface area contributed by atoms with Crippen molar-refractivity contribution in [2.75, 3.05) is 0 Å². The molecule has 0 saturated heterocycles. The van der Waals surface area contributed by atoms with Crippen molar-refractivity contribution in [3.05, 3.63) is 153 Å². The number of aliphatic carboxylic acids is 1. The molecular weight excluding hydrogens is 653 g/mol. The van der Waals surface area contributed by atoms with Gasteiger partial charge in [-0.3, -0.25) is 4.79 Å².